The lowest BCUT2D eigenvalue weighted by molar-refractivity contribution is 0.463. The molecule has 1 aromatic carbocycles. The zero-order valence-corrected chi connectivity index (χ0v) is 7.63. The molecule has 1 N–H and O–H groups in total. The summed E-state index contributed by atoms with van der Waals surface area (Å²) in [6.45, 7) is 1.98. The number of allylic oxidation sites excluding steroid dienone is 1. The van der Waals surface area contributed by atoms with Crippen LogP contribution in [0.1, 0.15) is 18.1 Å². The Bertz CT molecular complexity index is 305. The van der Waals surface area contributed by atoms with Crippen LogP contribution in [0.5, 0.6) is 5.75 Å². The molecule has 2 heteroatoms. The number of benzene rings is 1. The molecular formula is C11H13FO. The number of para-hydroxylation sites is 1. The molecule has 0 heterocycles. The Labute approximate surface area is 77.5 Å². The summed E-state index contributed by atoms with van der Waals surface area (Å²) in [7, 11) is 0. The third-order valence-electron chi connectivity index (χ3n) is 2.01. The Morgan fingerprint density at radius 2 is 2.08 bits per heavy atom. The highest BCUT2D eigenvalue weighted by Gasteiger charge is 2.02. The van der Waals surface area contributed by atoms with Gasteiger partial charge in [-0.3, -0.25) is 0 Å². The predicted octanol–water partition coefficient (Wildman–Crippen LogP) is 2.98. The number of phenols is 1. The normalized spacial score (nSPS) is 10.9. The van der Waals surface area contributed by atoms with Crippen LogP contribution in [-0.2, 0) is 12.8 Å². The van der Waals surface area contributed by atoms with Crippen molar-refractivity contribution in [3.63, 3.8) is 0 Å². The molecule has 1 rings (SSSR count). The first-order valence-electron chi connectivity index (χ1n) is 4.34. The van der Waals surface area contributed by atoms with E-state index in [4.69, 9.17) is 0 Å². The van der Waals surface area contributed by atoms with Gasteiger partial charge in [-0.25, -0.2) is 4.39 Å². The lowest BCUT2D eigenvalue weighted by Crippen LogP contribution is -1.87. The van der Waals surface area contributed by atoms with Crippen LogP contribution in [0.2, 0.25) is 0 Å². The average Bonchev–Trinajstić information content (AvgIpc) is 2.16. The van der Waals surface area contributed by atoms with Gasteiger partial charge in [-0.15, -0.1) is 0 Å². The molecule has 0 unspecified atom stereocenters. The van der Waals surface area contributed by atoms with Crippen molar-refractivity contribution in [1.82, 2.24) is 0 Å². The lowest BCUT2D eigenvalue weighted by atomic mass is 10.0. The van der Waals surface area contributed by atoms with E-state index >= 15 is 0 Å². The average molecular weight is 180 g/mol. The molecule has 0 saturated carbocycles. The first-order chi connectivity index (χ1) is 6.29. The highest BCUT2D eigenvalue weighted by molar-refractivity contribution is 5.41. The van der Waals surface area contributed by atoms with E-state index in [1.807, 2.05) is 19.1 Å². The van der Waals surface area contributed by atoms with Crippen molar-refractivity contribution >= 4 is 0 Å². The molecule has 0 aromatic heterocycles. The molecule has 0 aliphatic carbocycles. The zero-order valence-electron chi connectivity index (χ0n) is 7.63. The highest BCUT2D eigenvalue weighted by Crippen LogP contribution is 2.23. The fraction of sp³-hybridized carbons (Fsp3) is 0.273. The van der Waals surface area contributed by atoms with E-state index in [1.165, 1.54) is 6.08 Å². The van der Waals surface area contributed by atoms with Crippen molar-refractivity contribution in [1.29, 1.82) is 0 Å². The predicted molar refractivity (Wildman–Crippen MR) is 51.4 cm³/mol. The van der Waals surface area contributed by atoms with Crippen molar-refractivity contribution in [2.75, 3.05) is 0 Å². The Hall–Kier alpha value is -1.31. The molecule has 0 aliphatic rings. The second-order valence-corrected chi connectivity index (χ2v) is 2.84. The van der Waals surface area contributed by atoms with Gasteiger partial charge < -0.3 is 5.11 Å². The zero-order chi connectivity index (χ0) is 9.68. The van der Waals surface area contributed by atoms with Crippen molar-refractivity contribution in [3.8, 4) is 5.75 Å². The molecule has 1 nitrogen and oxygen atoms in total. The van der Waals surface area contributed by atoms with Crippen LogP contribution in [-0.4, -0.2) is 5.11 Å². The van der Waals surface area contributed by atoms with Gasteiger partial charge in [0.15, 0.2) is 0 Å². The number of hydrogen-bond donors (Lipinski definition) is 1. The van der Waals surface area contributed by atoms with Gasteiger partial charge in [0.05, 0.1) is 6.33 Å². The maximum Gasteiger partial charge on any atom is 0.122 e. The van der Waals surface area contributed by atoms with Gasteiger partial charge in [-0.05, 0) is 24.0 Å². The van der Waals surface area contributed by atoms with Gasteiger partial charge in [-0.1, -0.05) is 31.2 Å². The van der Waals surface area contributed by atoms with Crippen LogP contribution < -0.4 is 0 Å². The van der Waals surface area contributed by atoms with E-state index < -0.39 is 0 Å². The summed E-state index contributed by atoms with van der Waals surface area (Å²) in [6.07, 6.45) is 3.11. The molecule has 70 valence electrons. The maximum absolute atomic E-state index is 11.7. The molecule has 0 atom stereocenters. The van der Waals surface area contributed by atoms with Gasteiger partial charge in [-0.2, -0.15) is 0 Å². The number of halogens is 1. The second kappa shape index (κ2) is 4.65. The summed E-state index contributed by atoms with van der Waals surface area (Å²) >= 11 is 0. The van der Waals surface area contributed by atoms with Crippen LogP contribution >= 0.6 is 0 Å². The topological polar surface area (TPSA) is 20.2 Å². The molecule has 1 aromatic rings. The minimum absolute atomic E-state index is 0.295. The van der Waals surface area contributed by atoms with E-state index in [0.717, 1.165) is 17.5 Å². The number of aromatic hydroxyl groups is 1. The molecule has 0 bridgehead atoms. The second-order valence-electron chi connectivity index (χ2n) is 2.84. The van der Waals surface area contributed by atoms with Crippen molar-refractivity contribution in [3.05, 3.63) is 41.7 Å². The molecule has 0 aliphatic heterocycles. The number of aryl methyl sites for hydroxylation is 1. The third kappa shape index (κ3) is 2.31. The van der Waals surface area contributed by atoms with E-state index in [9.17, 15) is 9.50 Å². The molecule has 0 saturated heterocycles. The summed E-state index contributed by atoms with van der Waals surface area (Å²) in [5.74, 6) is 0.295. The van der Waals surface area contributed by atoms with Crippen LogP contribution in [0.25, 0.3) is 0 Å². The minimum Gasteiger partial charge on any atom is -0.507 e. The molecule has 13 heavy (non-hydrogen) atoms. The monoisotopic (exact) mass is 180 g/mol. The van der Waals surface area contributed by atoms with Crippen molar-refractivity contribution in [2.24, 2.45) is 0 Å². The SMILES string of the molecule is CCc1cccc(CC=CF)c1O. The quantitative estimate of drug-likeness (QED) is 0.758. The van der Waals surface area contributed by atoms with Gasteiger partial charge >= 0.3 is 0 Å². The molecule has 0 fully saturated rings. The molecular weight excluding hydrogens is 167 g/mol. The Kier molecular flexibility index (Phi) is 3.50. The van der Waals surface area contributed by atoms with Crippen molar-refractivity contribution in [2.45, 2.75) is 19.8 Å². The molecule has 0 radical (unpaired) electrons. The van der Waals surface area contributed by atoms with Gasteiger partial charge in [0.1, 0.15) is 5.75 Å². The first kappa shape index (κ1) is 9.78. The largest absolute Gasteiger partial charge is 0.507 e. The van der Waals surface area contributed by atoms with Gasteiger partial charge in [0, 0.05) is 0 Å². The van der Waals surface area contributed by atoms with Crippen LogP contribution in [0.15, 0.2) is 30.6 Å². The lowest BCUT2D eigenvalue weighted by Gasteiger charge is -2.05. The summed E-state index contributed by atoms with van der Waals surface area (Å²) in [5.41, 5.74) is 1.68. The molecule has 0 spiro atoms. The van der Waals surface area contributed by atoms with E-state index in [0.29, 0.717) is 18.5 Å². The fourth-order valence-electron chi connectivity index (χ4n) is 1.27. The highest BCUT2D eigenvalue weighted by atomic mass is 19.1. The summed E-state index contributed by atoms with van der Waals surface area (Å²) < 4.78 is 11.7. The summed E-state index contributed by atoms with van der Waals surface area (Å²) in [5, 5.41) is 9.66. The van der Waals surface area contributed by atoms with Crippen LogP contribution in [0.3, 0.4) is 0 Å². The van der Waals surface area contributed by atoms with E-state index in [2.05, 4.69) is 0 Å². The first-order valence-corrected chi connectivity index (χ1v) is 4.34. The van der Waals surface area contributed by atoms with E-state index in [1.54, 1.807) is 6.07 Å². The van der Waals surface area contributed by atoms with Crippen LogP contribution in [0, 0.1) is 0 Å². The van der Waals surface area contributed by atoms with Crippen LogP contribution in [0.4, 0.5) is 4.39 Å². The Morgan fingerprint density at radius 3 is 2.69 bits per heavy atom. The molecule has 0 amide bonds. The Balaban J connectivity index is 2.94. The number of hydrogen-bond acceptors (Lipinski definition) is 1. The third-order valence-corrected chi connectivity index (χ3v) is 2.01. The number of rotatable bonds is 3. The van der Waals surface area contributed by atoms with Gasteiger partial charge in [0.2, 0.25) is 0 Å². The smallest absolute Gasteiger partial charge is 0.122 e. The van der Waals surface area contributed by atoms with Crippen molar-refractivity contribution < 1.29 is 9.50 Å². The minimum atomic E-state index is 0.295. The maximum atomic E-state index is 11.7. The standard InChI is InChI=1S/C11H13FO/c1-2-9-5-3-6-10(11(9)13)7-4-8-12/h3-6,8,13H,2,7H2,1H3. The van der Waals surface area contributed by atoms with E-state index in [-0.39, 0.29) is 0 Å². The number of phenolic OH excluding ortho intramolecular Hbond substituents is 1. The summed E-state index contributed by atoms with van der Waals surface area (Å²) in [6, 6.07) is 5.55. The summed E-state index contributed by atoms with van der Waals surface area (Å²) in [4.78, 5) is 0. The Morgan fingerprint density at radius 1 is 1.38 bits per heavy atom. The fourth-order valence-corrected chi connectivity index (χ4v) is 1.27. The van der Waals surface area contributed by atoms with Gasteiger partial charge in [0.25, 0.3) is 0 Å².